The Kier molecular flexibility index (Phi) is 5.54. The van der Waals surface area contributed by atoms with Gasteiger partial charge in [0, 0.05) is 32.7 Å². The molecule has 2 fully saturated rings. The van der Waals surface area contributed by atoms with Crippen LogP contribution in [0.1, 0.15) is 13.3 Å². The lowest BCUT2D eigenvalue weighted by atomic mass is 10.1. The van der Waals surface area contributed by atoms with E-state index in [4.69, 9.17) is 5.11 Å². The molecule has 0 aromatic carbocycles. The van der Waals surface area contributed by atoms with E-state index in [2.05, 4.69) is 5.32 Å². The Balaban J connectivity index is 1.69. The van der Waals surface area contributed by atoms with Crippen LogP contribution in [0.4, 0.5) is 4.79 Å². The van der Waals surface area contributed by atoms with E-state index in [-0.39, 0.29) is 6.03 Å². The van der Waals surface area contributed by atoms with Gasteiger partial charge in [0.1, 0.15) is 6.04 Å². The lowest BCUT2D eigenvalue weighted by molar-refractivity contribution is -0.143. The number of amides is 2. The Bertz CT molecular complexity index is 353. The third-order valence-corrected chi connectivity index (χ3v) is 5.30. The summed E-state index contributed by atoms with van der Waals surface area (Å²) in [6.07, 6.45) is 1.19. The molecule has 2 aliphatic heterocycles. The van der Waals surface area contributed by atoms with Crippen molar-refractivity contribution in [3.63, 3.8) is 0 Å². The zero-order valence-electron chi connectivity index (χ0n) is 11.9. The highest BCUT2D eigenvalue weighted by Crippen LogP contribution is 2.22. The van der Waals surface area contributed by atoms with Crippen LogP contribution in [0, 0.1) is 5.92 Å². The molecule has 0 spiro atoms. The highest BCUT2D eigenvalue weighted by atomic mass is 32.2. The number of hydrogen-bond donors (Lipinski definition) is 2. The Morgan fingerprint density at radius 1 is 1.35 bits per heavy atom. The van der Waals surface area contributed by atoms with Crippen molar-refractivity contribution in [2.24, 2.45) is 5.92 Å². The maximum atomic E-state index is 12.0. The maximum Gasteiger partial charge on any atom is 0.320 e. The lowest BCUT2D eigenvalue weighted by Gasteiger charge is -2.36. The number of carbonyl (C=O) groups is 2. The Labute approximate surface area is 123 Å². The number of carboxylic acid groups (broad SMARTS) is 1. The monoisotopic (exact) mass is 301 g/mol. The van der Waals surface area contributed by atoms with Crippen LogP contribution in [0.3, 0.4) is 0 Å². The largest absolute Gasteiger partial charge is 0.480 e. The van der Waals surface area contributed by atoms with Gasteiger partial charge in [-0.15, -0.1) is 0 Å². The van der Waals surface area contributed by atoms with Gasteiger partial charge in [-0.25, -0.2) is 4.79 Å². The molecule has 114 valence electrons. The summed E-state index contributed by atoms with van der Waals surface area (Å²) in [6, 6.07) is -0.486. The van der Waals surface area contributed by atoms with Crippen LogP contribution in [0.25, 0.3) is 0 Å². The van der Waals surface area contributed by atoms with Crippen molar-refractivity contribution in [3.05, 3.63) is 0 Å². The summed E-state index contributed by atoms with van der Waals surface area (Å²) in [4.78, 5) is 26.7. The minimum Gasteiger partial charge on any atom is -0.480 e. The first kappa shape index (κ1) is 15.4. The first-order chi connectivity index (χ1) is 9.58. The van der Waals surface area contributed by atoms with Gasteiger partial charge in [-0.3, -0.25) is 9.69 Å². The molecule has 7 heteroatoms. The molecule has 0 aliphatic carbocycles. The number of thioether (sulfide) groups is 1. The fourth-order valence-corrected chi connectivity index (χ4v) is 3.84. The molecule has 0 aromatic rings. The van der Waals surface area contributed by atoms with Gasteiger partial charge < -0.3 is 15.3 Å². The van der Waals surface area contributed by atoms with Crippen molar-refractivity contribution in [2.75, 3.05) is 44.2 Å². The summed E-state index contributed by atoms with van der Waals surface area (Å²) in [5, 5.41) is 12.0. The molecule has 2 saturated heterocycles. The van der Waals surface area contributed by atoms with Crippen molar-refractivity contribution in [3.8, 4) is 0 Å². The molecule has 2 unspecified atom stereocenters. The van der Waals surface area contributed by atoms with Gasteiger partial charge in [0.15, 0.2) is 0 Å². The number of hydrogen-bond acceptors (Lipinski definition) is 4. The highest BCUT2D eigenvalue weighted by molar-refractivity contribution is 7.99. The van der Waals surface area contributed by atoms with Crippen molar-refractivity contribution in [1.82, 2.24) is 15.1 Å². The molecule has 2 N–H and O–H groups in total. The van der Waals surface area contributed by atoms with E-state index in [9.17, 15) is 9.59 Å². The lowest BCUT2D eigenvalue weighted by Crippen LogP contribution is -2.55. The van der Waals surface area contributed by atoms with Crippen molar-refractivity contribution < 1.29 is 14.7 Å². The Morgan fingerprint density at radius 3 is 2.60 bits per heavy atom. The molecular weight excluding hydrogens is 278 g/mol. The summed E-state index contributed by atoms with van der Waals surface area (Å²) in [7, 11) is 0. The van der Waals surface area contributed by atoms with Gasteiger partial charge >= 0.3 is 12.0 Å². The van der Waals surface area contributed by atoms with Crippen LogP contribution in [-0.4, -0.2) is 77.2 Å². The number of nitrogens with zero attached hydrogens (tertiary/aromatic N) is 2. The van der Waals surface area contributed by atoms with Crippen LogP contribution >= 0.6 is 11.8 Å². The van der Waals surface area contributed by atoms with Gasteiger partial charge in [0.2, 0.25) is 0 Å². The van der Waals surface area contributed by atoms with Crippen LogP contribution in [0.5, 0.6) is 0 Å². The molecule has 20 heavy (non-hydrogen) atoms. The first-order valence-corrected chi connectivity index (χ1v) is 8.30. The van der Waals surface area contributed by atoms with Gasteiger partial charge in [-0.05, 0) is 30.8 Å². The summed E-state index contributed by atoms with van der Waals surface area (Å²) in [5.74, 6) is 2.15. The topological polar surface area (TPSA) is 72.9 Å². The molecular formula is C13H23N3O3S. The van der Waals surface area contributed by atoms with Crippen molar-refractivity contribution >= 4 is 23.8 Å². The minimum absolute atomic E-state index is 0.00970. The quantitative estimate of drug-likeness (QED) is 0.793. The number of carbonyl (C=O) groups excluding carboxylic acids is 1. The first-order valence-electron chi connectivity index (χ1n) is 7.15. The molecule has 0 saturated carbocycles. The van der Waals surface area contributed by atoms with E-state index in [1.54, 1.807) is 11.8 Å². The van der Waals surface area contributed by atoms with E-state index in [0.717, 1.165) is 12.3 Å². The van der Waals surface area contributed by atoms with E-state index in [0.29, 0.717) is 32.1 Å². The number of carboxylic acids is 1. The Morgan fingerprint density at radius 2 is 2.05 bits per heavy atom. The highest BCUT2D eigenvalue weighted by Gasteiger charge is 2.27. The molecule has 2 aliphatic rings. The molecule has 2 heterocycles. The van der Waals surface area contributed by atoms with Crippen LogP contribution in [0.15, 0.2) is 0 Å². The third-order valence-electron chi connectivity index (χ3n) is 4.07. The number of urea groups is 1. The van der Waals surface area contributed by atoms with Crippen molar-refractivity contribution in [1.29, 1.82) is 0 Å². The predicted octanol–water partition coefficient (Wildman–Crippen LogP) is 0.540. The van der Waals surface area contributed by atoms with Crippen LogP contribution in [0.2, 0.25) is 0 Å². The van der Waals surface area contributed by atoms with E-state index in [1.807, 2.05) is 16.7 Å². The zero-order valence-corrected chi connectivity index (χ0v) is 12.7. The number of piperazine rings is 1. The number of nitrogens with one attached hydrogen (secondary N) is 1. The zero-order chi connectivity index (χ0) is 14.5. The van der Waals surface area contributed by atoms with E-state index >= 15 is 0 Å². The number of aliphatic carboxylic acids is 1. The van der Waals surface area contributed by atoms with Gasteiger partial charge in [-0.2, -0.15) is 11.8 Å². The SMILES string of the molecule is CC(C(=O)O)N1CCN(C(=O)NCC2CCSC2)CC1. The van der Waals surface area contributed by atoms with Crippen LogP contribution in [-0.2, 0) is 4.79 Å². The average Bonchev–Trinajstić information content (AvgIpc) is 2.97. The number of rotatable bonds is 4. The molecule has 0 aromatic heterocycles. The van der Waals surface area contributed by atoms with Gasteiger partial charge in [0.25, 0.3) is 0 Å². The van der Waals surface area contributed by atoms with Gasteiger partial charge in [-0.1, -0.05) is 0 Å². The second kappa shape index (κ2) is 7.17. The Hall–Kier alpha value is -0.950. The maximum absolute atomic E-state index is 12.0. The summed E-state index contributed by atoms with van der Waals surface area (Å²) in [6.45, 7) is 4.90. The molecule has 2 amide bonds. The normalized spacial score (nSPS) is 25.4. The summed E-state index contributed by atoms with van der Waals surface area (Å²) < 4.78 is 0. The molecule has 2 atom stereocenters. The molecule has 0 bridgehead atoms. The second-order valence-electron chi connectivity index (χ2n) is 5.45. The fraction of sp³-hybridized carbons (Fsp3) is 0.846. The van der Waals surface area contributed by atoms with E-state index in [1.165, 1.54) is 12.2 Å². The smallest absolute Gasteiger partial charge is 0.320 e. The molecule has 2 rings (SSSR count). The molecule has 6 nitrogen and oxygen atoms in total. The van der Waals surface area contributed by atoms with Crippen molar-refractivity contribution in [2.45, 2.75) is 19.4 Å². The van der Waals surface area contributed by atoms with E-state index < -0.39 is 12.0 Å². The third kappa shape index (κ3) is 4.02. The second-order valence-corrected chi connectivity index (χ2v) is 6.60. The van der Waals surface area contributed by atoms with Crippen LogP contribution < -0.4 is 5.32 Å². The molecule has 0 radical (unpaired) electrons. The minimum atomic E-state index is -0.804. The van der Waals surface area contributed by atoms with Gasteiger partial charge in [0.05, 0.1) is 0 Å². The summed E-state index contributed by atoms with van der Waals surface area (Å²) in [5.41, 5.74) is 0. The predicted molar refractivity (Wildman–Crippen MR) is 79.1 cm³/mol. The standard InChI is InChI=1S/C13H23N3O3S/c1-10(12(17)18)15-3-5-16(6-4-15)13(19)14-8-11-2-7-20-9-11/h10-11H,2-9H2,1H3,(H,14,19)(H,17,18). The summed E-state index contributed by atoms with van der Waals surface area (Å²) >= 11 is 1.95. The average molecular weight is 301 g/mol. The fourth-order valence-electron chi connectivity index (χ4n) is 2.56.